The van der Waals surface area contributed by atoms with Crippen LogP contribution in [0.4, 0.5) is 0 Å². The standard InChI is InChI=1S/C15H21NO3S/c1-18-11-5-3-10-4-6-13(15(16)12(10)9-11)20-8-7-14(17)19-2/h3,5,9,13,15H,4,6-8,16H2,1-2H3. The second-order valence-corrected chi connectivity index (χ2v) is 6.21. The van der Waals surface area contributed by atoms with Gasteiger partial charge in [0.1, 0.15) is 5.75 Å². The summed E-state index contributed by atoms with van der Waals surface area (Å²) in [5.41, 5.74) is 8.85. The SMILES string of the molecule is COC(=O)CCSC1CCc2ccc(OC)cc2C1N. The van der Waals surface area contributed by atoms with Crippen LogP contribution in [-0.2, 0) is 16.0 Å². The number of aryl methyl sites for hydroxylation is 1. The summed E-state index contributed by atoms with van der Waals surface area (Å²) in [5, 5.41) is 0.347. The zero-order chi connectivity index (χ0) is 14.5. The number of rotatable bonds is 5. The van der Waals surface area contributed by atoms with Crippen molar-refractivity contribution in [3.8, 4) is 5.75 Å². The molecule has 0 heterocycles. The van der Waals surface area contributed by atoms with Crippen LogP contribution in [0.1, 0.15) is 30.0 Å². The van der Waals surface area contributed by atoms with Crippen molar-refractivity contribution in [2.24, 2.45) is 5.73 Å². The minimum Gasteiger partial charge on any atom is -0.497 e. The second kappa shape index (κ2) is 6.99. The van der Waals surface area contributed by atoms with E-state index in [1.807, 2.05) is 12.1 Å². The number of benzene rings is 1. The molecule has 0 fully saturated rings. The zero-order valence-corrected chi connectivity index (χ0v) is 12.7. The molecule has 20 heavy (non-hydrogen) atoms. The Morgan fingerprint density at radius 1 is 1.45 bits per heavy atom. The van der Waals surface area contributed by atoms with Crippen molar-refractivity contribution in [1.82, 2.24) is 0 Å². The maximum absolute atomic E-state index is 11.1. The molecule has 1 aromatic carbocycles. The Balaban J connectivity index is 1.99. The summed E-state index contributed by atoms with van der Waals surface area (Å²) in [6, 6.07) is 6.11. The van der Waals surface area contributed by atoms with Crippen molar-refractivity contribution >= 4 is 17.7 Å². The molecule has 0 aliphatic heterocycles. The molecule has 2 N–H and O–H groups in total. The van der Waals surface area contributed by atoms with Gasteiger partial charge >= 0.3 is 5.97 Å². The van der Waals surface area contributed by atoms with E-state index in [0.717, 1.165) is 24.3 Å². The summed E-state index contributed by atoms with van der Waals surface area (Å²) >= 11 is 1.76. The Hall–Kier alpha value is -1.20. The molecule has 110 valence electrons. The van der Waals surface area contributed by atoms with Gasteiger partial charge in [0.15, 0.2) is 0 Å². The van der Waals surface area contributed by atoms with Gasteiger partial charge in [-0.1, -0.05) is 6.07 Å². The zero-order valence-electron chi connectivity index (χ0n) is 11.9. The van der Waals surface area contributed by atoms with E-state index in [1.54, 1.807) is 18.9 Å². The summed E-state index contributed by atoms with van der Waals surface area (Å²) < 4.78 is 9.92. The number of thioether (sulfide) groups is 1. The fourth-order valence-corrected chi connectivity index (χ4v) is 3.72. The monoisotopic (exact) mass is 295 g/mol. The molecular formula is C15H21NO3S. The molecule has 2 atom stereocenters. The molecular weight excluding hydrogens is 274 g/mol. The van der Waals surface area contributed by atoms with E-state index in [0.29, 0.717) is 11.7 Å². The number of hydrogen-bond donors (Lipinski definition) is 1. The lowest BCUT2D eigenvalue weighted by Gasteiger charge is -2.30. The smallest absolute Gasteiger partial charge is 0.306 e. The first-order valence-corrected chi connectivity index (χ1v) is 7.81. The maximum atomic E-state index is 11.1. The molecule has 0 saturated carbocycles. The number of carbonyl (C=O) groups is 1. The molecule has 2 unspecified atom stereocenters. The first-order chi connectivity index (χ1) is 9.65. The van der Waals surface area contributed by atoms with Crippen molar-refractivity contribution < 1.29 is 14.3 Å². The third kappa shape index (κ3) is 3.46. The summed E-state index contributed by atoms with van der Waals surface area (Å²) in [6.07, 6.45) is 2.52. The molecule has 4 nitrogen and oxygen atoms in total. The predicted octanol–water partition coefficient (Wildman–Crippen LogP) is 2.31. The minimum atomic E-state index is -0.163. The first kappa shape index (κ1) is 15.2. The van der Waals surface area contributed by atoms with Gasteiger partial charge in [-0.15, -0.1) is 0 Å². The Bertz CT molecular complexity index is 478. The van der Waals surface area contributed by atoms with E-state index in [4.69, 9.17) is 10.5 Å². The highest BCUT2D eigenvalue weighted by atomic mass is 32.2. The van der Waals surface area contributed by atoms with Gasteiger partial charge < -0.3 is 15.2 Å². The molecule has 5 heteroatoms. The first-order valence-electron chi connectivity index (χ1n) is 6.76. The van der Waals surface area contributed by atoms with Crippen LogP contribution >= 0.6 is 11.8 Å². The third-order valence-electron chi connectivity index (χ3n) is 3.68. The van der Waals surface area contributed by atoms with Crippen LogP contribution in [-0.4, -0.2) is 31.2 Å². The van der Waals surface area contributed by atoms with Crippen molar-refractivity contribution in [2.45, 2.75) is 30.6 Å². The third-order valence-corrected chi connectivity index (χ3v) is 5.07. The maximum Gasteiger partial charge on any atom is 0.306 e. The molecule has 0 spiro atoms. The molecule has 0 radical (unpaired) electrons. The second-order valence-electron chi connectivity index (χ2n) is 4.86. The van der Waals surface area contributed by atoms with E-state index < -0.39 is 0 Å². The predicted molar refractivity (Wildman–Crippen MR) is 81.1 cm³/mol. The lowest BCUT2D eigenvalue weighted by atomic mass is 9.87. The number of carbonyl (C=O) groups excluding carboxylic acids is 1. The molecule has 0 aromatic heterocycles. The average Bonchev–Trinajstić information content (AvgIpc) is 2.49. The molecule has 1 aromatic rings. The highest BCUT2D eigenvalue weighted by Gasteiger charge is 2.27. The average molecular weight is 295 g/mol. The van der Waals surface area contributed by atoms with Gasteiger partial charge in [-0.25, -0.2) is 0 Å². The number of methoxy groups -OCH3 is 2. The van der Waals surface area contributed by atoms with Crippen LogP contribution in [0.5, 0.6) is 5.75 Å². The molecule has 1 aliphatic rings. The lowest BCUT2D eigenvalue weighted by molar-refractivity contribution is -0.140. The minimum absolute atomic E-state index is 0.00324. The number of fused-ring (bicyclic) bond motifs is 1. The van der Waals surface area contributed by atoms with Gasteiger partial charge in [-0.05, 0) is 36.1 Å². The van der Waals surface area contributed by atoms with Crippen molar-refractivity contribution in [2.75, 3.05) is 20.0 Å². The van der Waals surface area contributed by atoms with Gasteiger partial charge in [0.2, 0.25) is 0 Å². The summed E-state index contributed by atoms with van der Waals surface area (Å²) in [4.78, 5) is 11.1. The molecule has 0 bridgehead atoms. The van der Waals surface area contributed by atoms with E-state index >= 15 is 0 Å². The summed E-state index contributed by atoms with van der Waals surface area (Å²) in [5.74, 6) is 1.44. The number of esters is 1. The molecule has 0 saturated heterocycles. The van der Waals surface area contributed by atoms with Gasteiger partial charge in [0.05, 0.1) is 20.6 Å². The highest BCUT2D eigenvalue weighted by Crippen LogP contribution is 2.37. The van der Waals surface area contributed by atoms with Gasteiger partial charge in [-0.2, -0.15) is 11.8 Å². The molecule has 1 aliphatic carbocycles. The van der Waals surface area contributed by atoms with Crippen molar-refractivity contribution in [3.63, 3.8) is 0 Å². The van der Waals surface area contributed by atoms with E-state index in [1.165, 1.54) is 18.2 Å². The molecule has 2 rings (SSSR count). The van der Waals surface area contributed by atoms with Crippen LogP contribution in [0.15, 0.2) is 18.2 Å². The highest BCUT2D eigenvalue weighted by molar-refractivity contribution is 7.99. The van der Waals surface area contributed by atoms with E-state index in [9.17, 15) is 4.79 Å². The van der Waals surface area contributed by atoms with Crippen molar-refractivity contribution in [1.29, 1.82) is 0 Å². The van der Waals surface area contributed by atoms with Crippen LogP contribution in [0.25, 0.3) is 0 Å². The van der Waals surface area contributed by atoms with E-state index in [-0.39, 0.29) is 12.0 Å². The van der Waals surface area contributed by atoms with Gasteiger partial charge in [-0.3, -0.25) is 4.79 Å². The summed E-state index contributed by atoms with van der Waals surface area (Å²) in [6.45, 7) is 0. The quantitative estimate of drug-likeness (QED) is 0.845. The Kier molecular flexibility index (Phi) is 5.31. The Morgan fingerprint density at radius 2 is 2.25 bits per heavy atom. The van der Waals surface area contributed by atoms with Crippen LogP contribution in [0.3, 0.4) is 0 Å². The van der Waals surface area contributed by atoms with Gasteiger partial charge in [0.25, 0.3) is 0 Å². The fraction of sp³-hybridized carbons (Fsp3) is 0.533. The molecule has 0 amide bonds. The Morgan fingerprint density at radius 3 is 2.95 bits per heavy atom. The van der Waals surface area contributed by atoms with Gasteiger partial charge in [0, 0.05) is 17.0 Å². The van der Waals surface area contributed by atoms with Crippen LogP contribution < -0.4 is 10.5 Å². The summed E-state index contributed by atoms with van der Waals surface area (Å²) in [7, 11) is 3.08. The van der Waals surface area contributed by atoms with Crippen LogP contribution in [0, 0.1) is 0 Å². The van der Waals surface area contributed by atoms with E-state index in [2.05, 4.69) is 10.8 Å². The number of hydrogen-bond acceptors (Lipinski definition) is 5. The fourth-order valence-electron chi connectivity index (χ4n) is 2.50. The van der Waals surface area contributed by atoms with Crippen molar-refractivity contribution in [3.05, 3.63) is 29.3 Å². The normalized spacial score (nSPS) is 21.1. The number of ether oxygens (including phenoxy) is 2. The largest absolute Gasteiger partial charge is 0.497 e. The van der Waals surface area contributed by atoms with Crippen LogP contribution in [0.2, 0.25) is 0 Å². The topological polar surface area (TPSA) is 61.5 Å². The number of nitrogens with two attached hydrogens (primary N) is 1. The lowest BCUT2D eigenvalue weighted by Crippen LogP contribution is -2.29. The Labute approximate surface area is 124 Å².